The summed E-state index contributed by atoms with van der Waals surface area (Å²) in [6, 6.07) is 0. The highest BCUT2D eigenvalue weighted by Crippen LogP contribution is 2.54. The van der Waals surface area contributed by atoms with Gasteiger partial charge in [0.1, 0.15) is 0 Å². The predicted molar refractivity (Wildman–Crippen MR) is 51.2 cm³/mol. The second-order valence-electron chi connectivity index (χ2n) is 5.17. The van der Waals surface area contributed by atoms with E-state index in [1.165, 1.54) is 0 Å². The SMILES string of the molecule is C[C@@H]1C(O)CCC2(C)C(O)CC[C@@H]12. The first-order chi connectivity index (χ1) is 6.05. The smallest absolute Gasteiger partial charge is 0.0596 e. The Morgan fingerprint density at radius 2 is 1.85 bits per heavy atom. The molecule has 13 heavy (non-hydrogen) atoms. The predicted octanol–water partition coefficient (Wildman–Crippen LogP) is 1.55. The van der Waals surface area contributed by atoms with Crippen LogP contribution in [0.2, 0.25) is 0 Å². The van der Waals surface area contributed by atoms with Gasteiger partial charge in [0.25, 0.3) is 0 Å². The molecule has 0 aromatic rings. The molecular weight excluding hydrogens is 164 g/mol. The maximum Gasteiger partial charge on any atom is 0.0596 e. The molecule has 0 aromatic carbocycles. The van der Waals surface area contributed by atoms with Crippen LogP contribution in [0.3, 0.4) is 0 Å². The van der Waals surface area contributed by atoms with E-state index in [1.54, 1.807) is 0 Å². The Labute approximate surface area is 80.0 Å². The minimum Gasteiger partial charge on any atom is -0.393 e. The summed E-state index contributed by atoms with van der Waals surface area (Å²) in [6.07, 6.45) is 3.61. The molecule has 0 saturated heterocycles. The second kappa shape index (κ2) is 2.96. The molecule has 0 spiro atoms. The van der Waals surface area contributed by atoms with Gasteiger partial charge in [-0.2, -0.15) is 0 Å². The van der Waals surface area contributed by atoms with Crippen LogP contribution in [-0.2, 0) is 0 Å². The molecule has 0 bridgehead atoms. The molecule has 2 rings (SSSR count). The van der Waals surface area contributed by atoms with E-state index in [1.807, 2.05) is 0 Å². The summed E-state index contributed by atoms with van der Waals surface area (Å²) in [5.41, 5.74) is 0.0959. The first-order valence-electron chi connectivity index (χ1n) is 5.42. The fourth-order valence-electron chi connectivity index (χ4n) is 3.45. The number of hydrogen-bond donors (Lipinski definition) is 2. The van der Waals surface area contributed by atoms with Crippen LogP contribution in [0, 0.1) is 17.3 Å². The molecule has 3 unspecified atom stereocenters. The Bertz CT molecular complexity index is 204. The van der Waals surface area contributed by atoms with Gasteiger partial charge in [0.2, 0.25) is 0 Å². The van der Waals surface area contributed by atoms with E-state index >= 15 is 0 Å². The maximum atomic E-state index is 9.91. The van der Waals surface area contributed by atoms with E-state index in [0.717, 1.165) is 25.7 Å². The van der Waals surface area contributed by atoms with Crippen molar-refractivity contribution in [3.63, 3.8) is 0 Å². The average Bonchev–Trinajstić information content (AvgIpc) is 2.39. The summed E-state index contributed by atoms with van der Waals surface area (Å²) < 4.78 is 0. The van der Waals surface area contributed by atoms with Crippen molar-refractivity contribution in [2.75, 3.05) is 0 Å². The van der Waals surface area contributed by atoms with Gasteiger partial charge >= 0.3 is 0 Å². The summed E-state index contributed by atoms with van der Waals surface area (Å²) in [6.45, 7) is 4.32. The largest absolute Gasteiger partial charge is 0.393 e. The number of rotatable bonds is 0. The molecule has 2 heteroatoms. The summed E-state index contributed by atoms with van der Waals surface area (Å²) in [7, 11) is 0. The van der Waals surface area contributed by atoms with Crippen LogP contribution in [0.5, 0.6) is 0 Å². The van der Waals surface area contributed by atoms with Gasteiger partial charge in [-0.3, -0.25) is 0 Å². The fourth-order valence-corrected chi connectivity index (χ4v) is 3.45. The summed E-state index contributed by atoms with van der Waals surface area (Å²) >= 11 is 0. The van der Waals surface area contributed by atoms with E-state index in [4.69, 9.17) is 0 Å². The van der Waals surface area contributed by atoms with E-state index in [2.05, 4.69) is 13.8 Å². The van der Waals surface area contributed by atoms with Crippen LogP contribution in [0.1, 0.15) is 39.5 Å². The molecule has 0 aromatic heterocycles. The van der Waals surface area contributed by atoms with Crippen molar-refractivity contribution in [3.05, 3.63) is 0 Å². The van der Waals surface area contributed by atoms with Gasteiger partial charge in [-0.1, -0.05) is 13.8 Å². The van der Waals surface area contributed by atoms with Crippen molar-refractivity contribution in [2.24, 2.45) is 17.3 Å². The van der Waals surface area contributed by atoms with Gasteiger partial charge in [0.05, 0.1) is 12.2 Å². The lowest BCUT2D eigenvalue weighted by molar-refractivity contribution is -0.0597. The maximum absolute atomic E-state index is 9.91. The normalized spacial score (nSPS) is 56.3. The molecule has 2 aliphatic rings. The van der Waals surface area contributed by atoms with E-state index in [9.17, 15) is 10.2 Å². The van der Waals surface area contributed by atoms with Gasteiger partial charge in [0.15, 0.2) is 0 Å². The first-order valence-corrected chi connectivity index (χ1v) is 5.42. The van der Waals surface area contributed by atoms with Gasteiger partial charge < -0.3 is 10.2 Å². The van der Waals surface area contributed by atoms with Crippen molar-refractivity contribution in [3.8, 4) is 0 Å². The summed E-state index contributed by atoms with van der Waals surface area (Å²) in [4.78, 5) is 0. The third kappa shape index (κ3) is 1.23. The zero-order chi connectivity index (χ0) is 9.64. The van der Waals surface area contributed by atoms with Crippen molar-refractivity contribution >= 4 is 0 Å². The molecule has 0 aliphatic heterocycles. The number of aliphatic hydroxyl groups excluding tert-OH is 2. The van der Waals surface area contributed by atoms with Gasteiger partial charge in [0, 0.05) is 0 Å². The monoisotopic (exact) mass is 184 g/mol. The average molecular weight is 184 g/mol. The molecule has 2 N–H and O–H groups in total. The highest BCUT2D eigenvalue weighted by molar-refractivity contribution is 5.01. The molecular formula is C11H20O2. The Hall–Kier alpha value is -0.0800. The lowest BCUT2D eigenvalue weighted by Crippen LogP contribution is -2.44. The van der Waals surface area contributed by atoms with Crippen molar-refractivity contribution < 1.29 is 10.2 Å². The van der Waals surface area contributed by atoms with Gasteiger partial charge in [-0.05, 0) is 42.9 Å². The number of hydrogen-bond acceptors (Lipinski definition) is 2. The zero-order valence-corrected chi connectivity index (χ0v) is 8.53. The van der Waals surface area contributed by atoms with Crippen LogP contribution in [0.15, 0.2) is 0 Å². The molecule has 5 atom stereocenters. The third-order valence-electron chi connectivity index (χ3n) is 4.58. The molecule has 0 amide bonds. The van der Waals surface area contributed by atoms with Crippen LogP contribution in [0.4, 0.5) is 0 Å². The topological polar surface area (TPSA) is 40.5 Å². The Kier molecular flexibility index (Phi) is 2.16. The summed E-state index contributed by atoms with van der Waals surface area (Å²) in [5, 5.41) is 19.6. The lowest BCUT2D eigenvalue weighted by Gasteiger charge is -2.44. The highest BCUT2D eigenvalue weighted by Gasteiger charge is 2.51. The van der Waals surface area contributed by atoms with E-state index in [-0.39, 0.29) is 17.6 Å². The summed E-state index contributed by atoms with van der Waals surface area (Å²) in [5.74, 6) is 0.905. The first kappa shape index (κ1) is 9.47. The Morgan fingerprint density at radius 1 is 1.15 bits per heavy atom. The molecule has 2 aliphatic carbocycles. The van der Waals surface area contributed by atoms with Crippen LogP contribution < -0.4 is 0 Å². The highest BCUT2D eigenvalue weighted by atomic mass is 16.3. The van der Waals surface area contributed by atoms with Crippen LogP contribution >= 0.6 is 0 Å². The second-order valence-corrected chi connectivity index (χ2v) is 5.17. The minimum atomic E-state index is -0.136. The third-order valence-corrected chi connectivity index (χ3v) is 4.58. The minimum absolute atomic E-state index is 0.0959. The molecule has 76 valence electrons. The van der Waals surface area contributed by atoms with Gasteiger partial charge in [-0.25, -0.2) is 0 Å². The van der Waals surface area contributed by atoms with Crippen molar-refractivity contribution in [1.82, 2.24) is 0 Å². The quantitative estimate of drug-likeness (QED) is 0.599. The molecule has 0 radical (unpaired) electrons. The van der Waals surface area contributed by atoms with E-state index in [0.29, 0.717) is 11.8 Å². The van der Waals surface area contributed by atoms with Crippen LogP contribution in [-0.4, -0.2) is 22.4 Å². The molecule has 0 heterocycles. The molecule has 2 nitrogen and oxygen atoms in total. The molecule has 2 saturated carbocycles. The van der Waals surface area contributed by atoms with Crippen LogP contribution in [0.25, 0.3) is 0 Å². The number of aliphatic hydroxyl groups is 2. The van der Waals surface area contributed by atoms with E-state index < -0.39 is 0 Å². The van der Waals surface area contributed by atoms with Gasteiger partial charge in [-0.15, -0.1) is 0 Å². The fraction of sp³-hybridized carbons (Fsp3) is 1.00. The van der Waals surface area contributed by atoms with Crippen molar-refractivity contribution in [1.29, 1.82) is 0 Å². The standard InChI is InChI=1S/C11H20O2/c1-7-8-3-4-10(13)11(8,2)6-5-9(7)12/h7-10,12-13H,3-6H2,1-2H3/t7-,8-,9?,10?,11?/m0/s1. The number of fused-ring (bicyclic) bond motifs is 1. The molecule has 2 fully saturated rings. The Morgan fingerprint density at radius 3 is 2.54 bits per heavy atom. The van der Waals surface area contributed by atoms with Crippen molar-refractivity contribution in [2.45, 2.75) is 51.7 Å². The lowest BCUT2D eigenvalue weighted by atomic mass is 9.63. The Balaban J connectivity index is 2.21. The zero-order valence-electron chi connectivity index (χ0n) is 8.53.